The number of benzene rings is 2. The zero-order valence-electron chi connectivity index (χ0n) is 15.6. The zero-order chi connectivity index (χ0) is 19.6. The number of hydrogen-bond donors (Lipinski definition) is 6. The lowest BCUT2D eigenvalue weighted by molar-refractivity contribution is 0.223. The smallest absolute Gasteiger partial charge is 0.333 e. The summed E-state index contributed by atoms with van der Waals surface area (Å²) in [6.45, 7) is 0. The van der Waals surface area contributed by atoms with Crippen molar-refractivity contribution in [3.8, 4) is 0 Å². The second-order valence-corrected chi connectivity index (χ2v) is 6.74. The van der Waals surface area contributed by atoms with E-state index in [9.17, 15) is 9.59 Å². The minimum absolute atomic E-state index is 0.0127. The molecule has 148 valence electrons. The van der Waals surface area contributed by atoms with E-state index in [2.05, 4.69) is 32.3 Å². The van der Waals surface area contributed by atoms with Crippen LogP contribution >= 0.6 is 0 Å². The van der Waals surface area contributed by atoms with Gasteiger partial charge in [0.1, 0.15) is 0 Å². The molecule has 2 aromatic rings. The molecule has 2 atom stereocenters. The molecular formula is C20H26N6O2. The van der Waals surface area contributed by atoms with Crippen LogP contribution in [0.15, 0.2) is 60.7 Å². The second kappa shape index (κ2) is 10.1. The van der Waals surface area contributed by atoms with Crippen LogP contribution in [-0.4, -0.2) is 24.1 Å². The number of anilines is 2. The van der Waals surface area contributed by atoms with Crippen molar-refractivity contribution in [3.05, 3.63) is 60.7 Å². The van der Waals surface area contributed by atoms with E-state index in [1.807, 2.05) is 60.7 Å². The Morgan fingerprint density at radius 3 is 1.54 bits per heavy atom. The normalized spacial score (nSPS) is 18.4. The van der Waals surface area contributed by atoms with Crippen molar-refractivity contribution in [3.63, 3.8) is 0 Å². The average molecular weight is 382 g/mol. The number of para-hydroxylation sites is 2. The van der Waals surface area contributed by atoms with E-state index in [1.165, 1.54) is 0 Å². The first-order valence-electron chi connectivity index (χ1n) is 9.44. The average Bonchev–Trinajstić information content (AvgIpc) is 2.72. The predicted octanol–water partition coefficient (Wildman–Crippen LogP) is 2.95. The zero-order valence-corrected chi connectivity index (χ0v) is 15.6. The van der Waals surface area contributed by atoms with Crippen LogP contribution in [0.4, 0.5) is 21.0 Å². The third kappa shape index (κ3) is 6.39. The number of nitrogens with one attached hydrogen (secondary N) is 6. The molecule has 0 saturated heterocycles. The Hall–Kier alpha value is -3.42. The van der Waals surface area contributed by atoms with Gasteiger partial charge in [0.25, 0.3) is 0 Å². The van der Waals surface area contributed by atoms with Crippen molar-refractivity contribution < 1.29 is 9.59 Å². The third-order valence-corrected chi connectivity index (χ3v) is 4.53. The fourth-order valence-electron chi connectivity index (χ4n) is 3.20. The summed E-state index contributed by atoms with van der Waals surface area (Å²) in [5.74, 6) is 0. The molecule has 0 radical (unpaired) electrons. The van der Waals surface area contributed by atoms with Gasteiger partial charge in [-0.25, -0.2) is 9.59 Å². The van der Waals surface area contributed by atoms with Crippen LogP contribution in [0.1, 0.15) is 25.7 Å². The molecular weight excluding hydrogens is 356 g/mol. The van der Waals surface area contributed by atoms with Gasteiger partial charge < -0.3 is 10.6 Å². The molecule has 1 saturated carbocycles. The topological polar surface area (TPSA) is 106 Å². The first-order valence-corrected chi connectivity index (χ1v) is 9.44. The Labute approximate surface area is 164 Å². The summed E-state index contributed by atoms with van der Waals surface area (Å²) in [6.07, 6.45) is 3.41. The quantitative estimate of drug-likeness (QED) is 0.432. The van der Waals surface area contributed by atoms with Crippen molar-refractivity contribution in [2.45, 2.75) is 37.8 Å². The van der Waals surface area contributed by atoms with E-state index in [0.717, 1.165) is 30.6 Å². The molecule has 8 heteroatoms. The lowest BCUT2D eigenvalue weighted by Gasteiger charge is -2.30. The highest BCUT2D eigenvalue weighted by molar-refractivity contribution is 5.76. The van der Waals surface area contributed by atoms with Gasteiger partial charge in [-0.2, -0.15) is 0 Å². The molecule has 6 N–H and O–H groups in total. The van der Waals surface area contributed by atoms with Gasteiger partial charge in [0, 0.05) is 12.1 Å². The molecule has 0 spiro atoms. The Bertz CT molecular complexity index is 692. The summed E-state index contributed by atoms with van der Waals surface area (Å²) in [5, 5.41) is 5.90. The van der Waals surface area contributed by atoms with Crippen LogP contribution in [-0.2, 0) is 0 Å². The van der Waals surface area contributed by atoms with Gasteiger partial charge in [-0.15, -0.1) is 0 Å². The van der Waals surface area contributed by atoms with E-state index in [1.54, 1.807) is 0 Å². The molecule has 0 aromatic heterocycles. The van der Waals surface area contributed by atoms with Crippen LogP contribution in [0.5, 0.6) is 0 Å². The van der Waals surface area contributed by atoms with Gasteiger partial charge in [-0.1, -0.05) is 36.4 Å². The van der Waals surface area contributed by atoms with Crippen LogP contribution in [0.3, 0.4) is 0 Å². The van der Waals surface area contributed by atoms with E-state index >= 15 is 0 Å². The molecule has 28 heavy (non-hydrogen) atoms. The summed E-state index contributed by atoms with van der Waals surface area (Å²) in [5.41, 5.74) is 12.6. The Balaban J connectivity index is 1.37. The standard InChI is InChI=1S/C20H26N6O2/c27-19(25-23-15-8-3-1-4-9-15)21-17-12-7-13-18(14-17)22-20(28)26-24-16-10-5-2-6-11-16/h1-6,8-11,17-18,23-24H,7,12-14H2,(H2,21,25,27)(H2,22,26,28). The Morgan fingerprint density at radius 2 is 1.11 bits per heavy atom. The molecule has 1 aliphatic rings. The van der Waals surface area contributed by atoms with E-state index < -0.39 is 0 Å². The van der Waals surface area contributed by atoms with E-state index in [0.29, 0.717) is 6.42 Å². The summed E-state index contributed by atoms with van der Waals surface area (Å²) < 4.78 is 0. The van der Waals surface area contributed by atoms with Gasteiger partial charge in [0.2, 0.25) is 0 Å². The van der Waals surface area contributed by atoms with Crippen molar-refractivity contribution in [2.24, 2.45) is 0 Å². The van der Waals surface area contributed by atoms with Crippen LogP contribution < -0.4 is 32.3 Å². The molecule has 1 fully saturated rings. The first kappa shape index (κ1) is 19.3. The molecule has 0 bridgehead atoms. The van der Waals surface area contributed by atoms with Gasteiger partial charge in [0.05, 0.1) is 11.4 Å². The first-order chi connectivity index (χ1) is 13.7. The number of amides is 4. The number of hydrazine groups is 2. The second-order valence-electron chi connectivity index (χ2n) is 6.74. The maximum atomic E-state index is 12.1. The molecule has 4 amide bonds. The molecule has 1 aliphatic carbocycles. The predicted molar refractivity (Wildman–Crippen MR) is 110 cm³/mol. The summed E-state index contributed by atoms with van der Waals surface area (Å²) in [6, 6.07) is 18.3. The van der Waals surface area contributed by atoms with E-state index in [4.69, 9.17) is 0 Å². The number of carbonyl (C=O) groups is 2. The maximum absolute atomic E-state index is 12.1. The lowest BCUT2D eigenvalue weighted by Crippen LogP contribution is -2.51. The maximum Gasteiger partial charge on any atom is 0.333 e. The van der Waals surface area contributed by atoms with Gasteiger partial charge in [-0.3, -0.25) is 21.7 Å². The fraction of sp³-hybridized carbons (Fsp3) is 0.300. The Morgan fingerprint density at radius 1 is 0.679 bits per heavy atom. The number of rotatable bonds is 6. The third-order valence-electron chi connectivity index (χ3n) is 4.53. The summed E-state index contributed by atoms with van der Waals surface area (Å²) in [7, 11) is 0. The highest BCUT2D eigenvalue weighted by Crippen LogP contribution is 2.18. The fourth-order valence-corrected chi connectivity index (χ4v) is 3.20. The number of hydrogen-bond acceptors (Lipinski definition) is 4. The van der Waals surface area contributed by atoms with Crippen molar-refractivity contribution >= 4 is 23.4 Å². The highest BCUT2D eigenvalue weighted by atomic mass is 16.2. The molecule has 0 heterocycles. The van der Waals surface area contributed by atoms with Gasteiger partial charge in [0.15, 0.2) is 0 Å². The minimum atomic E-state index is -0.287. The van der Waals surface area contributed by atoms with Gasteiger partial charge >= 0.3 is 12.1 Å². The van der Waals surface area contributed by atoms with Crippen LogP contribution in [0.2, 0.25) is 0 Å². The Kier molecular flexibility index (Phi) is 6.95. The summed E-state index contributed by atoms with van der Waals surface area (Å²) in [4.78, 5) is 24.2. The van der Waals surface area contributed by atoms with Crippen molar-refractivity contribution in [1.29, 1.82) is 0 Å². The molecule has 2 unspecified atom stereocenters. The SMILES string of the molecule is O=C(NNc1ccccc1)NC1CCCC(NC(=O)NNc2ccccc2)C1. The molecule has 2 aromatic carbocycles. The van der Waals surface area contributed by atoms with Crippen LogP contribution in [0.25, 0.3) is 0 Å². The largest absolute Gasteiger partial charge is 0.334 e. The highest BCUT2D eigenvalue weighted by Gasteiger charge is 2.24. The molecule has 8 nitrogen and oxygen atoms in total. The monoisotopic (exact) mass is 382 g/mol. The van der Waals surface area contributed by atoms with Gasteiger partial charge in [-0.05, 0) is 49.9 Å². The molecule has 0 aliphatic heterocycles. The number of urea groups is 2. The lowest BCUT2D eigenvalue weighted by atomic mass is 9.91. The number of carbonyl (C=O) groups excluding carboxylic acids is 2. The van der Waals surface area contributed by atoms with E-state index in [-0.39, 0.29) is 24.1 Å². The van der Waals surface area contributed by atoms with Crippen LogP contribution in [0, 0.1) is 0 Å². The molecule has 3 rings (SSSR count). The van der Waals surface area contributed by atoms with Crippen molar-refractivity contribution in [2.75, 3.05) is 10.9 Å². The summed E-state index contributed by atoms with van der Waals surface area (Å²) >= 11 is 0. The van der Waals surface area contributed by atoms with Crippen molar-refractivity contribution in [1.82, 2.24) is 21.5 Å². The minimum Gasteiger partial charge on any atom is -0.334 e.